The van der Waals surface area contributed by atoms with Gasteiger partial charge in [0.2, 0.25) is 0 Å². The average molecular weight is 483 g/mol. The zero-order valence-electron chi connectivity index (χ0n) is 18.9. The Balaban J connectivity index is 1.22. The lowest BCUT2D eigenvalue weighted by Crippen LogP contribution is -2.23. The number of fused-ring (bicyclic) bond motifs is 1. The minimum absolute atomic E-state index is 0.0171. The van der Waals surface area contributed by atoms with Crippen molar-refractivity contribution in [3.05, 3.63) is 134 Å². The molecule has 0 aliphatic heterocycles. The molecular formula is C28H23ClN4O2. The molecule has 0 bridgehead atoms. The highest BCUT2D eigenvalue weighted by molar-refractivity contribution is 6.31. The van der Waals surface area contributed by atoms with Gasteiger partial charge in [0, 0.05) is 28.2 Å². The van der Waals surface area contributed by atoms with Crippen molar-refractivity contribution >= 4 is 28.4 Å². The van der Waals surface area contributed by atoms with E-state index in [9.17, 15) is 9.59 Å². The fourth-order valence-corrected chi connectivity index (χ4v) is 4.23. The SMILES string of the molecule is O=C(NCc1n[nH]c2cc(Cl)ccc12)c1cccc(Cc2ccc(Cn3ccccc3=O)cc2)c1. The number of pyridine rings is 1. The Morgan fingerprint density at radius 3 is 2.57 bits per heavy atom. The highest BCUT2D eigenvalue weighted by atomic mass is 35.5. The minimum atomic E-state index is -0.152. The first-order chi connectivity index (χ1) is 17.0. The first-order valence-corrected chi connectivity index (χ1v) is 11.7. The molecule has 2 aromatic heterocycles. The molecule has 5 rings (SSSR count). The molecule has 0 unspecified atom stereocenters. The number of rotatable bonds is 7. The van der Waals surface area contributed by atoms with Crippen LogP contribution >= 0.6 is 11.6 Å². The van der Waals surface area contributed by atoms with E-state index in [-0.39, 0.29) is 11.5 Å². The second kappa shape index (κ2) is 9.99. The number of aromatic nitrogens is 3. The fraction of sp³-hybridized carbons (Fsp3) is 0.107. The molecule has 3 aromatic carbocycles. The van der Waals surface area contributed by atoms with Crippen molar-refractivity contribution < 1.29 is 4.79 Å². The van der Waals surface area contributed by atoms with Crippen LogP contribution in [-0.4, -0.2) is 20.7 Å². The van der Waals surface area contributed by atoms with Crippen LogP contribution in [-0.2, 0) is 19.5 Å². The summed E-state index contributed by atoms with van der Waals surface area (Å²) in [4.78, 5) is 24.7. The zero-order chi connectivity index (χ0) is 24.2. The zero-order valence-corrected chi connectivity index (χ0v) is 19.6. The van der Waals surface area contributed by atoms with Gasteiger partial charge < -0.3 is 9.88 Å². The van der Waals surface area contributed by atoms with Gasteiger partial charge in [0.1, 0.15) is 0 Å². The molecule has 0 saturated carbocycles. The van der Waals surface area contributed by atoms with Crippen LogP contribution < -0.4 is 10.9 Å². The third kappa shape index (κ3) is 5.34. The normalized spacial score (nSPS) is 11.0. The molecule has 0 spiro atoms. The van der Waals surface area contributed by atoms with Crippen LogP contribution in [0.15, 0.2) is 95.9 Å². The van der Waals surface area contributed by atoms with Crippen LogP contribution in [0.1, 0.15) is 32.7 Å². The molecule has 5 aromatic rings. The van der Waals surface area contributed by atoms with E-state index in [1.165, 1.54) is 0 Å². The molecule has 0 atom stereocenters. The molecule has 6 nitrogen and oxygen atoms in total. The van der Waals surface area contributed by atoms with Crippen molar-refractivity contribution in [3.63, 3.8) is 0 Å². The maximum atomic E-state index is 12.8. The van der Waals surface area contributed by atoms with Gasteiger partial charge in [0.25, 0.3) is 11.5 Å². The number of halogens is 1. The molecule has 2 N–H and O–H groups in total. The van der Waals surface area contributed by atoms with Gasteiger partial charge in [0.05, 0.1) is 24.3 Å². The van der Waals surface area contributed by atoms with Crippen LogP contribution in [0.3, 0.4) is 0 Å². The summed E-state index contributed by atoms with van der Waals surface area (Å²) in [7, 11) is 0. The summed E-state index contributed by atoms with van der Waals surface area (Å²) in [5.74, 6) is -0.152. The Morgan fingerprint density at radius 1 is 0.914 bits per heavy atom. The number of carbonyl (C=O) groups is 1. The van der Waals surface area contributed by atoms with E-state index >= 15 is 0 Å². The molecule has 35 heavy (non-hydrogen) atoms. The Kier molecular flexibility index (Phi) is 6.46. The minimum Gasteiger partial charge on any atom is -0.346 e. The molecule has 0 radical (unpaired) electrons. The molecule has 0 fully saturated rings. The molecule has 2 heterocycles. The first-order valence-electron chi connectivity index (χ1n) is 11.3. The van der Waals surface area contributed by atoms with Crippen molar-refractivity contribution in [1.82, 2.24) is 20.1 Å². The average Bonchev–Trinajstić information content (AvgIpc) is 3.27. The van der Waals surface area contributed by atoms with Crippen LogP contribution in [0.4, 0.5) is 0 Å². The van der Waals surface area contributed by atoms with Gasteiger partial charge in [-0.15, -0.1) is 0 Å². The maximum absolute atomic E-state index is 12.8. The number of benzene rings is 3. The highest BCUT2D eigenvalue weighted by Gasteiger charge is 2.10. The first kappa shape index (κ1) is 22.6. The third-order valence-corrected chi connectivity index (χ3v) is 6.13. The summed E-state index contributed by atoms with van der Waals surface area (Å²) >= 11 is 6.02. The molecule has 1 amide bonds. The lowest BCUT2D eigenvalue weighted by Gasteiger charge is -2.08. The van der Waals surface area contributed by atoms with E-state index in [0.29, 0.717) is 30.1 Å². The van der Waals surface area contributed by atoms with Crippen LogP contribution in [0, 0.1) is 0 Å². The molecule has 0 aliphatic rings. The number of amides is 1. The van der Waals surface area contributed by atoms with Gasteiger partial charge in [-0.2, -0.15) is 5.10 Å². The Morgan fingerprint density at radius 2 is 1.74 bits per heavy atom. The van der Waals surface area contributed by atoms with Crippen molar-refractivity contribution in [1.29, 1.82) is 0 Å². The van der Waals surface area contributed by atoms with Gasteiger partial charge in [-0.1, -0.05) is 54.1 Å². The molecular weight excluding hydrogens is 460 g/mol. The summed E-state index contributed by atoms with van der Waals surface area (Å²) in [6, 6.07) is 26.5. The van der Waals surface area contributed by atoms with Crippen molar-refractivity contribution in [2.24, 2.45) is 0 Å². The van der Waals surface area contributed by atoms with Crippen molar-refractivity contribution in [2.75, 3.05) is 0 Å². The van der Waals surface area contributed by atoms with E-state index in [1.807, 2.05) is 60.7 Å². The standard InChI is InChI=1S/C28H23ClN4O2/c29-23-11-12-24-25(16-23)31-32-26(24)17-30-28(35)22-5-3-4-21(15-22)14-19-7-9-20(10-8-19)18-33-13-2-1-6-27(33)34/h1-13,15-16H,14,17-18H2,(H,30,35)(H,31,32). The van der Waals surface area contributed by atoms with Gasteiger partial charge in [-0.05, 0) is 59.5 Å². The van der Waals surface area contributed by atoms with E-state index in [0.717, 1.165) is 33.3 Å². The second-order valence-corrected chi connectivity index (χ2v) is 8.84. The van der Waals surface area contributed by atoms with E-state index in [2.05, 4.69) is 27.6 Å². The number of nitrogens with one attached hydrogen (secondary N) is 2. The topological polar surface area (TPSA) is 79.8 Å². The summed E-state index contributed by atoms with van der Waals surface area (Å²) in [6.45, 7) is 0.852. The van der Waals surface area contributed by atoms with E-state index in [1.54, 1.807) is 22.9 Å². The third-order valence-electron chi connectivity index (χ3n) is 5.89. The lowest BCUT2D eigenvalue weighted by atomic mass is 10.0. The number of nitrogens with zero attached hydrogens (tertiary/aromatic N) is 2. The van der Waals surface area contributed by atoms with Gasteiger partial charge in [-0.25, -0.2) is 0 Å². The molecule has 0 saturated heterocycles. The van der Waals surface area contributed by atoms with Gasteiger partial charge >= 0.3 is 0 Å². The number of aromatic amines is 1. The summed E-state index contributed by atoms with van der Waals surface area (Å²) in [6.07, 6.45) is 2.49. The van der Waals surface area contributed by atoms with E-state index in [4.69, 9.17) is 11.6 Å². The monoisotopic (exact) mass is 482 g/mol. The van der Waals surface area contributed by atoms with E-state index < -0.39 is 0 Å². The molecule has 0 aliphatic carbocycles. The largest absolute Gasteiger partial charge is 0.346 e. The summed E-state index contributed by atoms with van der Waals surface area (Å²) < 4.78 is 1.68. The number of H-pyrrole nitrogens is 1. The van der Waals surface area contributed by atoms with Crippen LogP contribution in [0.5, 0.6) is 0 Å². The van der Waals surface area contributed by atoms with Crippen molar-refractivity contribution in [2.45, 2.75) is 19.5 Å². The van der Waals surface area contributed by atoms with Crippen LogP contribution in [0.25, 0.3) is 10.9 Å². The van der Waals surface area contributed by atoms with Gasteiger partial charge in [0.15, 0.2) is 0 Å². The Hall–Kier alpha value is -4.16. The Labute approximate surface area is 207 Å². The number of carbonyl (C=O) groups excluding carboxylic acids is 1. The highest BCUT2D eigenvalue weighted by Crippen LogP contribution is 2.20. The molecule has 174 valence electrons. The summed E-state index contributed by atoms with van der Waals surface area (Å²) in [5.41, 5.74) is 5.42. The summed E-state index contributed by atoms with van der Waals surface area (Å²) in [5, 5.41) is 11.8. The second-order valence-electron chi connectivity index (χ2n) is 8.40. The fourth-order valence-electron chi connectivity index (χ4n) is 4.06. The van der Waals surface area contributed by atoms with Gasteiger partial charge in [-0.3, -0.25) is 14.7 Å². The quantitative estimate of drug-likeness (QED) is 0.344. The number of hydrogen-bond donors (Lipinski definition) is 2. The number of hydrogen-bond acceptors (Lipinski definition) is 3. The van der Waals surface area contributed by atoms with Crippen molar-refractivity contribution in [3.8, 4) is 0 Å². The lowest BCUT2D eigenvalue weighted by molar-refractivity contribution is 0.0950. The Bertz CT molecular complexity index is 1550. The van der Waals surface area contributed by atoms with Crippen LogP contribution in [0.2, 0.25) is 5.02 Å². The maximum Gasteiger partial charge on any atom is 0.251 e. The molecule has 7 heteroatoms. The predicted molar refractivity (Wildman–Crippen MR) is 138 cm³/mol. The predicted octanol–water partition coefficient (Wildman–Crippen LogP) is 4.95. The smallest absolute Gasteiger partial charge is 0.251 e.